The maximum Gasteiger partial charge on any atom is 0.0462 e. The van der Waals surface area contributed by atoms with Crippen molar-refractivity contribution in [2.24, 2.45) is 0 Å². The van der Waals surface area contributed by atoms with Gasteiger partial charge in [0.2, 0.25) is 0 Å². The van der Waals surface area contributed by atoms with Crippen LogP contribution in [0.15, 0.2) is 342 Å². The molecule has 12 heteroatoms. The van der Waals surface area contributed by atoms with Gasteiger partial charge in [0, 0.05) is 107 Å². The smallest absolute Gasteiger partial charge is 0.0462 e. The van der Waals surface area contributed by atoms with Crippen molar-refractivity contribution < 1.29 is 0 Å². The van der Waals surface area contributed by atoms with E-state index in [-0.39, 0.29) is 0 Å². The fourth-order valence-corrected chi connectivity index (χ4v) is 15.8. The van der Waals surface area contributed by atoms with Crippen LogP contribution in [0.3, 0.4) is 0 Å². The minimum absolute atomic E-state index is 1.08. The van der Waals surface area contributed by atoms with Gasteiger partial charge in [-0.05, 0) is 349 Å². The van der Waals surface area contributed by atoms with Crippen molar-refractivity contribution in [1.29, 1.82) is 0 Å². The lowest BCUT2D eigenvalue weighted by molar-refractivity contribution is 1.26. The van der Waals surface area contributed by atoms with E-state index >= 15 is 0 Å². The molecule has 0 heterocycles. The fourth-order valence-electron chi connectivity index (χ4n) is 12.6. The number of anilines is 12. The third-order valence-electron chi connectivity index (χ3n) is 18.4. The monoisotopic (exact) mass is 1520 g/mol. The molecule has 0 unspecified atom stereocenters. The highest BCUT2D eigenvalue weighted by molar-refractivity contribution is 8.00. The first-order chi connectivity index (χ1) is 52.1. The molecule has 0 amide bonds. The minimum atomic E-state index is 1.08. The Balaban J connectivity index is 0.906. The zero-order valence-electron chi connectivity index (χ0n) is 60.5. The Hall–Kier alpha value is -9.18. The van der Waals surface area contributed by atoms with E-state index in [9.17, 15) is 0 Å². The molecule has 13 rings (SSSR count). The third-order valence-corrected chi connectivity index (χ3v) is 24.3. The molecule has 0 aliphatic heterocycles. The normalized spacial score (nSPS) is 11.5. The molecule has 13 aromatic rings. The largest absolute Gasteiger partial charge is 0.311 e. The van der Waals surface area contributed by atoms with E-state index in [4.69, 9.17) is 0 Å². The van der Waals surface area contributed by atoms with Crippen LogP contribution in [0.4, 0.5) is 68.2 Å². The van der Waals surface area contributed by atoms with Crippen LogP contribution in [0, 0.1) is 0 Å². The standard InChI is InChI=1S/C94H82N4S8/c1-99-87-49-33-79(34-50-87)95(80-35-51-88(100-2)52-36-80)75-25-13-67(14-26-75)9-21-71-65-73(23-11-69-17-29-77(30-18-69)97(83-41-57-91(103-5)58-42-83)84-43-59-92(104-6)60-44-84)74(24-12-70-19-31-78(32-20-70)98(85-45-61-93(105-7)62-46-85)86-47-63-94(106-8)64-48-86)66-72(71)22-10-68-15-27-76(28-16-68)96(81-37-53-89(101-3)54-38-81)82-39-55-90(102-4)56-40-82/h9-66H,1-8H3/b21-9+,22-10+,23-11+,24-12+. The van der Waals surface area contributed by atoms with Gasteiger partial charge in [-0.2, -0.15) is 0 Å². The molecule has 13 aromatic carbocycles. The summed E-state index contributed by atoms with van der Waals surface area (Å²) in [6.07, 6.45) is 35.1. The van der Waals surface area contributed by atoms with Crippen LogP contribution in [0.5, 0.6) is 0 Å². The first-order valence-corrected chi connectivity index (χ1v) is 44.5. The summed E-state index contributed by atoms with van der Waals surface area (Å²) in [5.74, 6) is 0. The molecule has 0 bridgehead atoms. The van der Waals surface area contributed by atoms with Crippen molar-refractivity contribution in [3.8, 4) is 0 Å². The number of rotatable bonds is 28. The Bertz CT molecular complexity index is 4280. The average molecular weight is 1520 g/mol. The van der Waals surface area contributed by atoms with Gasteiger partial charge < -0.3 is 19.6 Å². The predicted molar refractivity (Wildman–Crippen MR) is 481 cm³/mol. The van der Waals surface area contributed by atoms with E-state index in [0.29, 0.717) is 0 Å². The van der Waals surface area contributed by atoms with Crippen molar-refractivity contribution >= 4 is 211 Å². The van der Waals surface area contributed by atoms with Crippen LogP contribution < -0.4 is 19.6 Å². The Kier molecular flexibility index (Phi) is 26.1. The molecule has 0 spiro atoms. The molecule has 106 heavy (non-hydrogen) atoms. The van der Waals surface area contributed by atoms with Crippen LogP contribution in [0.25, 0.3) is 48.6 Å². The van der Waals surface area contributed by atoms with Crippen molar-refractivity contribution in [3.05, 3.63) is 348 Å². The van der Waals surface area contributed by atoms with Crippen LogP contribution in [-0.4, -0.2) is 50.0 Å². The van der Waals surface area contributed by atoms with Crippen molar-refractivity contribution in [3.63, 3.8) is 0 Å². The van der Waals surface area contributed by atoms with Gasteiger partial charge in [-0.1, -0.05) is 97.1 Å². The summed E-state index contributed by atoms with van der Waals surface area (Å²) in [6, 6.07) is 111. The molecule has 0 aromatic heterocycles. The molecule has 0 atom stereocenters. The Morgan fingerprint density at radius 3 is 0.377 bits per heavy atom. The molecule has 4 nitrogen and oxygen atoms in total. The summed E-state index contributed by atoms with van der Waals surface area (Å²) in [7, 11) is 0. The average Bonchev–Trinajstić information content (AvgIpc) is 0.824. The second kappa shape index (κ2) is 36.9. The van der Waals surface area contributed by atoms with E-state index in [1.807, 2.05) is 0 Å². The Morgan fingerprint density at radius 1 is 0.151 bits per heavy atom. The quantitative estimate of drug-likeness (QED) is 0.0343. The van der Waals surface area contributed by atoms with E-state index in [0.717, 1.165) is 113 Å². The maximum atomic E-state index is 2.35. The molecule has 0 saturated heterocycles. The van der Waals surface area contributed by atoms with E-state index < -0.39 is 0 Å². The van der Waals surface area contributed by atoms with Gasteiger partial charge in [0.15, 0.2) is 0 Å². The summed E-state index contributed by atoms with van der Waals surface area (Å²) >= 11 is 14.0. The molecule has 0 saturated carbocycles. The van der Waals surface area contributed by atoms with Crippen LogP contribution >= 0.6 is 94.1 Å². The molecule has 0 aliphatic carbocycles. The second-order valence-electron chi connectivity index (χ2n) is 24.7. The zero-order chi connectivity index (χ0) is 73.1. The maximum absolute atomic E-state index is 2.35. The highest BCUT2D eigenvalue weighted by atomic mass is 32.2. The van der Waals surface area contributed by atoms with Crippen LogP contribution in [0.2, 0.25) is 0 Å². The molecule has 0 aliphatic rings. The first kappa shape index (κ1) is 75.1. The summed E-state index contributed by atoms with van der Waals surface area (Å²) in [6.45, 7) is 0. The van der Waals surface area contributed by atoms with Gasteiger partial charge in [0.25, 0.3) is 0 Å². The van der Waals surface area contributed by atoms with Gasteiger partial charge in [-0.3, -0.25) is 0 Å². The second-order valence-corrected chi connectivity index (χ2v) is 31.8. The molecule has 0 N–H and O–H groups in total. The number of benzene rings is 13. The van der Waals surface area contributed by atoms with Gasteiger partial charge >= 0.3 is 0 Å². The fraction of sp³-hybridized carbons (Fsp3) is 0.0851. The van der Waals surface area contributed by atoms with Crippen LogP contribution in [0.1, 0.15) is 44.5 Å². The number of hydrogen-bond donors (Lipinski definition) is 0. The molecule has 0 fully saturated rings. The Morgan fingerprint density at radius 2 is 0.264 bits per heavy atom. The minimum Gasteiger partial charge on any atom is -0.311 e. The van der Waals surface area contributed by atoms with Gasteiger partial charge in [-0.15, -0.1) is 94.1 Å². The van der Waals surface area contributed by atoms with E-state index in [2.05, 4.69) is 422 Å². The highest BCUT2D eigenvalue weighted by Gasteiger charge is 2.19. The lowest BCUT2D eigenvalue weighted by atomic mass is 9.95. The zero-order valence-corrected chi connectivity index (χ0v) is 67.1. The van der Waals surface area contributed by atoms with Gasteiger partial charge in [-0.25, -0.2) is 0 Å². The summed E-state index contributed by atoms with van der Waals surface area (Å²) in [4.78, 5) is 19.2. The van der Waals surface area contributed by atoms with Crippen molar-refractivity contribution in [2.45, 2.75) is 39.2 Å². The summed E-state index contributed by atoms with van der Waals surface area (Å²) in [5.41, 5.74) is 21.9. The number of hydrogen-bond acceptors (Lipinski definition) is 12. The summed E-state index contributed by atoms with van der Waals surface area (Å²) < 4.78 is 0. The van der Waals surface area contributed by atoms with E-state index in [1.54, 1.807) is 94.1 Å². The topological polar surface area (TPSA) is 13.0 Å². The Labute approximate surface area is 661 Å². The highest BCUT2D eigenvalue weighted by Crippen LogP contribution is 2.42. The van der Waals surface area contributed by atoms with Crippen LogP contribution in [-0.2, 0) is 0 Å². The van der Waals surface area contributed by atoms with Crippen molar-refractivity contribution in [2.75, 3.05) is 69.6 Å². The number of thioether (sulfide) groups is 8. The SMILES string of the molecule is CSc1ccc(N(c2ccc(/C=C/c3cc(/C=C/c4ccc(N(c5ccc(SC)cc5)c5ccc(SC)cc5)cc4)c(/C=C/c4ccc(N(c5ccc(SC)cc5)c5ccc(SC)cc5)cc4)cc3/C=C/c3ccc(N(c4ccc(SC)cc4)c4ccc(SC)cc4)cc3)cc2)c2ccc(SC)cc2)cc1. The van der Waals surface area contributed by atoms with E-state index in [1.165, 1.54) is 39.2 Å². The predicted octanol–water partition coefficient (Wildman–Crippen LogP) is 30.0. The molecule has 526 valence electrons. The molecule has 0 radical (unpaired) electrons. The molecular formula is C94H82N4S8. The van der Waals surface area contributed by atoms with Gasteiger partial charge in [0.05, 0.1) is 0 Å². The lowest BCUT2D eigenvalue weighted by Crippen LogP contribution is -2.09. The lowest BCUT2D eigenvalue weighted by Gasteiger charge is -2.26. The molecular weight excluding hydrogens is 1440 g/mol. The van der Waals surface area contributed by atoms with Crippen molar-refractivity contribution in [1.82, 2.24) is 0 Å². The number of nitrogens with zero attached hydrogens (tertiary/aromatic N) is 4. The summed E-state index contributed by atoms with van der Waals surface area (Å²) in [5, 5.41) is 0. The third kappa shape index (κ3) is 18.8. The first-order valence-electron chi connectivity index (χ1n) is 34.7. The van der Waals surface area contributed by atoms with Gasteiger partial charge in [0.1, 0.15) is 0 Å².